The number of hydrogen-bond acceptors (Lipinski definition) is 4. The van der Waals surface area contributed by atoms with Gasteiger partial charge in [0.1, 0.15) is 6.07 Å². The summed E-state index contributed by atoms with van der Waals surface area (Å²) in [6.45, 7) is 4.14. The average Bonchev–Trinajstić information content (AvgIpc) is 2.51. The SMILES string of the molecule is Cc1ccc(-c2ccccc2N/N=C(\C#N)C(=N)N)cc1C. The first-order valence-electron chi connectivity index (χ1n) is 6.77. The second kappa shape index (κ2) is 6.55. The predicted molar refractivity (Wildman–Crippen MR) is 89.9 cm³/mol. The predicted octanol–water partition coefficient (Wildman–Crippen LogP) is 3.20. The minimum absolute atomic E-state index is 0.144. The standard InChI is InChI=1S/C17H17N5/c1-11-7-8-13(9-12(11)2)14-5-3-4-6-15(14)21-22-16(10-18)17(19)20/h3-9,21H,1-2H3,(H3,19,20)/b22-16+. The topological polar surface area (TPSA) is 98.0 Å². The summed E-state index contributed by atoms with van der Waals surface area (Å²) >= 11 is 0. The summed E-state index contributed by atoms with van der Waals surface area (Å²) < 4.78 is 0. The van der Waals surface area contributed by atoms with Crippen molar-refractivity contribution in [1.29, 1.82) is 10.7 Å². The lowest BCUT2D eigenvalue weighted by atomic mass is 9.99. The normalized spacial score (nSPS) is 10.9. The molecule has 0 heterocycles. The highest BCUT2D eigenvalue weighted by Gasteiger charge is 2.06. The lowest BCUT2D eigenvalue weighted by molar-refractivity contribution is 1.32. The molecule has 0 spiro atoms. The van der Waals surface area contributed by atoms with Gasteiger partial charge in [-0.3, -0.25) is 10.8 Å². The van der Waals surface area contributed by atoms with Gasteiger partial charge < -0.3 is 5.73 Å². The van der Waals surface area contributed by atoms with E-state index in [9.17, 15) is 0 Å². The summed E-state index contributed by atoms with van der Waals surface area (Å²) in [7, 11) is 0. The van der Waals surface area contributed by atoms with Crippen LogP contribution in [-0.4, -0.2) is 11.5 Å². The highest BCUT2D eigenvalue weighted by molar-refractivity contribution is 6.45. The van der Waals surface area contributed by atoms with Crippen molar-refractivity contribution in [2.24, 2.45) is 10.8 Å². The van der Waals surface area contributed by atoms with Crippen LogP contribution < -0.4 is 11.2 Å². The summed E-state index contributed by atoms with van der Waals surface area (Å²) in [5, 5.41) is 20.1. The summed E-state index contributed by atoms with van der Waals surface area (Å²) in [5.41, 5.74) is 13.2. The number of amidine groups is 1. The van der Waals surface area contributed by atoms with Crippen LogP contribution in [0.5, 0.6) is 0 Å². The summed E-state index contributed by atoms with van der Waals surface area (Å²) in [6.07, 6.45) is 0. The lowest BCUT2D eigenvalue weighted by Crippen LogP contribution is -2.21. The molecule has 4 N–H and O–H groups in total. The molecule has 2 rings (SSSR count). The van der Waals surface area contributed by atoms with Gasteiger partial charge in [0.05, 0.1) is 5.69 Å². The van der Waals surface area contributed by atoms with Crippen LogP contribution in [0.25, 0.3) is 11.1 Å². The Morgan fingerprint density at radius 1 is 1.18 bits per heavy atom. The van der Waals surface area contributed by atoms with Crippen molar-refractivity contribution in [3.05, 3.63) is 53.6 Å². The Morgan fingerprint density at radius 3 is 2.55 bits per heavy atom. The van der Waals surface area contributed by atoms with Crippen LogP contribution in [0.2, 0.25) is 0 Å². The Kier molecular flexibility index (Phi) is 4.54. The molecule has 5 nitrogen and oxygen atoms in total. The molecule has 0 fully saturated rings. The third-order valence-electron chi connectivity index (χ3n) is 3.39. The van der Waals surface area contributed by atoms with E-state index in [1.165, 1.54) is 11.1 Å². The van der Waals surface area contributed by atoms with E-state index in [2.05, 4.69) is 36.5 Å². The summed E-state index contributed by atoms with van der Waals surface area (Å²) in [5.74, 6) is -0.362. The monoisotopic (exact) mass is 291 g/mol. The van der Waals surface area contributed by atoms with Crippen LogP contribution in [0.4, 0.5) is 5.69 Å². The fourth-order valence-electron chi connectivity index (χ4n) is 2.00. The van der Waals surface area contributed by atoms with Crippen molar-refractivity contribution in [3.8, 4) is 17.2 Å². The molecule has 0 aliphatic heterocycles. The number of nitrogens with zero attached hydrogens (tertiary/aromatic N) is 2. The molecule has 0 aliphatic rings. The number of hydrogen-bond donors (Lipinski definition) is 3. The van der Waals surface area contributed by atoms with Crippen LogP contribution in [0.3, 0.4) is 0 Å². The average molecular weight is 291 g/mol. The second-order valence-corrected chi connectivity index (χ2v) is 4.94. The molecule has 0 radical (unpaired) electrons. The highest BCUT2D eigenvalue weighted by atomic mass is 15.3. The molecule has 2 aromatic rings. The van der Waals surface area contributed by atoms with E-state index in [0.29, 0.717) is 0 Å². The maximum atomic E-state index is 8.89. The summed E-state index contributed by atoms with van der Waals surface area (Å²) in [4.78, 5) is 0. The first-order valence-corrected chi connectivity index (χ1v) is 6.77. The minimum Gasteiger partial charge on any atom is -0.382 e. The van der Waals surface area contributed by atoms with Crippen LogP contribution >= 0.6 is 0 Å². The molecule has 0 amide bonds. The molecule has 0 saturated carbocycles. The largest absolute Gasteiger partial charge is 0.382 e. The number of aryl methyl sites for hydroxylation is 2. The lowest BCUT2D eigenvalue weighted by Gasteiger charge is -2.11. The quantitative estimate of drug-likeness (QED) is 0.458. The fourth-order valence-corrected chi connectivity index (χ4v) is 2.00. The number of benzene rings is 2. The van der Waals surface area contributed by atoms with Crippen LogP contribution in [0.1, 0.15) is 11.1 Å². The van der Waals surface area contributed by atoms with Crippen LogP contribution in [-0.2, 0) is 0 Å². The van der Waals surface area contributed by atoms with Gasteiger partial charge in [-0.1, -0.05) is 36.4 Å². The molecule has 0 unspecified atom stereocenters. The van der Waals surface area contributed by atoms with Gasteiger partial charge in [0.25, 0.3) is 0 Å². The molecule has 0 atom stereocenters. The van der Waals surface area contributed by atoms with E-state index >= 15 is 0 Å². The number of nitriles is 1. The maximum Gasteiger partial charge on any atom is 0.201 e. The Labute approximate surface area is 129 Å². The highest BCUT2D eigenvalue weighted by Crippen LogP contribution is 2.29. The summed E-state index contributed by atoms with van der Waals surface area (Å²) in [6, 6.07) is 15.7. The van der Waals surface area contributed by atoms with Crippen molar-refractivity contribution in [2.75, 3.05) is 5.43 Å². The van der Waals surface area contributed by atoms with Gasteiger partial charge in [0, 0.05) is 5.56 Å². The number of rotatable bonds is 4. The van der Waals surface area contributed by atoms with E-state index in [1.54, 1.807) is 6.07 Å². The Bertz CT molecular complexity index is 784. The smallest absolute Gasteiger partial charge is 0.201 e. The minimum atomic E-state index is -0.362. The van der Waals surface area contributed by atoms with Gasteiger partial charge in [-0.25, -0.2) is 0 Å². The Balaban J connectivity index is 2.41. The van der Waals surface area contributed by atoms with Crippen molar-refractivity contribution >= 4 is 17.2 Å². The number of para-hydroxylation sites is 1. The molecule has 2 aromatic carbocycles. The zero-order valence-electron chi connectivity index (χ0n) is 12.5. The van der Waals surface area contributed by atoms with E-state index in [4.69, 9.17) is 16.4 Å². The van der Waals surface area contributed by atoms with Gasteiger partial charge in [0.2, 0.25) is 5.71 Å². The molecular weight excluding hydrogens is 274 g/mol. The maximum absolute atomic E-state index is 8.89. The third kappa shape index (κ3) is 3.30. The van der Waals surface area contributed by atoms with E-state index < -0.39 is 0 Å². The molecule has 0 bridgehead atoms. The zero-order valence-corrected chi connectivity index (χ0v) is 12.5. The Hall–Kier alpha value is -3.13. The van der Waals surface area contributed by atoms with Gasteiger partial charge in [0.15, 0.2) is 5.84 Å². The number of nitrogens with one attached hydrogen (secondary N) is 2. The molecule has 0 aromatic heterocycles. The zero-order chi connectivity index (χ0) is 16.1. The van der Waals surface area contributed by atoms with Gasteiger partial charge in [-0.2, -0.15) is 10.4 Å². The van der Waals surface area contributed by atoms with E-state index in [0.717, 1.165) is 16.8 Å². The molecule has 22 heavy (non-hydrogen) atoms. The van der Waals surface area contributed by atoms with Crippen molar-refractivity contribution in [1.82, 2.24) is 0 Å². The van der Waals surface area contributed by atoms with Crippen LogP contribution in [0, 0.1) is 30.6 Å². The molecular formula is C17H17N5. The first kappa shape index (κ1) is 15.3. The fraction of sp³-hybridized carbons (Fsp3) is 0.118. The Morgan fingerprint density at radius 2 is 1.91 bits per heavy atom. The number of nitrogens with two attached hydrogens (primary N) is 1. The first-order chi connectivity index (χ1) is 10.5. The molecule has 110 valence electrons. The van der Waals surface area contributed by atoms with Gasteiger partial charge >= 0.3 is 0 Å². The molecule has 5 heteroatoms. The molecule has 0 aliphatic carbocycles. The second-order valence-electron chi connectivity index (χ2n) is 4.94. The van der Waals surface area contributed by atoms with E-state index in [1.807, 2.05) is 30.3 Å². The third-order valence-corrected chi connectivity index (χ3v) is 3.39. The van der Waals surface area contributed by atoms with Gasteiger partial charge in [-0.05, 0) is 36.6 Å². The van der Waals surface area contributed by atoms with Crippen LogP contribution in [0.15, 0.2) is 47.6 Å². The number of hydrazone groups is 1. The van der Waals surface area contributed by atoms with Gasteiger partial charge in [-0.15, -0.1) is 0 Å². The van der Waals surface area contributed by atoms with E-state index in [-0.39, 0.29) is 11.5 Å². The van der Waals surface area contributed by atoms with Crippen molar-refractivity contribution in [3.63, 3.8) is 0 Å². The van der Waals surface area contributed by atoms with Crippen molar-refractivity contribution < 1.29 is 0 Å². The van der Waals surface area contributed by atoms with Crippen molar-refractivity contribution in [2.45, 2.75) is 13.8 Å². The number of anilines is 1. The molecule has 0 saturated heterocycles.